The second kappa shape index (κ2) is 6.14. The first-order valence-electron chi connectivity index (χ1n) is 5.83. The van der Waals surface area contributed by atoms with E-state index in [0.717, 1.165) is 12.8 Å². The summed E-state index contributed by atoms with van der Waals surface area (Å²) in [5.74, 6) is 1.48. The van der Waals surface area contributed by atoms with Crippen LogP contribution in [-0.2, 0) is 4.79 Å². The summed E-state index contributed by atoms with van der Waals surface area (Å²) >= 11 is 0. The van der Waals surface area contributed by atoms with Crippen LogP contribution in [0.4, 0.5) is 4.79 Å². The molecule has 0 saturated carbocycles. The minimum absolute atomic E-state index is 0.220. The Bertz CT molecular complexity index is 335. The predicted octanol–water partition coefficient (Wildman–Crippen LogP) is 1.00. The van der Waals surface area contributed by atoms with E-state index >= 15 is 0 Å². The number of aliphatic carboxylic acids is 1. The molecule has 1 atom stereocenters. The second-order valence-electron chi connectivity index (χ2n) is 4.04. The van der Waals surface area contributed by atoms with Crippen LogP contribution in [0.25, 0.3) is 0 Å². The number of hydrogen-bond donors (Lipinski definition) is 1. The molecule has 5 heteroatoms. The van der Waals surface area contributed by atoms with Crippen molar-refractivity contribution in [1.29, 1.82) is 0 Å². The highest BCUT2D eigenvalue weighted by molar-refractivity contribution is 5.83. The zero-order valence-corrected chi connectivity index (χ0v) is 10.1. The molecule has 0 aliphatic carbocycles. The molecule has 1 unspecified atom stereocenters. The van der Waals surface area contributed by atoms with Crippen LogP contribution in [0.3, 0.4) is 0 Å². The lowest BCUT2D eigenvalue weighted by atomic mass is 10.0. The SMILES string of the molecule is C#CCN(CC)C(=O)N1CCCCC1C(=O)O. The standard InChI is InChI=1S/C12H18N2O3/c1-3-8-13(4-2)12(17)14-9-6-5-7-10(14)11(15)16/h1,10H,4-9H2,2H3,(H,15,16). The van der Waals surface area contributed by atoms with Gasteiger partial charge in [-0.05, 0) is 26.2 Å². The van der Waals surface area contributed by atoms with Crippen molar-refractivity contribution in [1.82, 2.24) is 9.80 Å². The molecule has 1 fully saturated rings. The van der Waals surface area contributed by atoms with E-state index in [9.17, 15) is 9.59 Å². The zero-order valence-electron chi connectivity index (χ0n) is 10.1. The van der Waals surface area contributed by atoms with Crippen molar-refractivity contribution >= 4 is 12.0 Å². The quantitative estimate of drug-likeness (QED) is 0.746. The Hall–Kier alpha value is -1.70. The number of urea groups is 1. The maximum absolute atomic E-state index is 12.1. The van der Waals surface area contributed by atoms with E-state index in [4.69, 9.17) is 11.5 Å². The number of nitrogens with zero attached hydrogens (tertiary/aromatic N) is 2. The first kappa shape index (κ1) is 13.4. The van der Waals surface area contributed by atoms with Crippen molar-refractivity contribution in [3.63, 3.8) is 0 Å². The third kappa shape index (κ3) is 3.13. The van der Waals surface area contributed by atoms with Gasteiger partial charge in [0.25, 0.3) is 0 Å². The maximum Gasteiger partial charge on any atom is 0.326 e. The molecule has 1 N–H and O–H groups in total. The molecule has 94 valence electrons. The third-order valence-corrected chi connectivity index (χ3v) is 2.97. The summed E-state index contributed by atoms with van der Waals surface area (Å²) in [7, 11) is 0. The number of piperidine rings is 1. The predicted molar refractivity (Wildman–Crippen MR) is 63.5 cm³/mol. The number of carboxylic acids is 1. The van der Waals surface area contributed by atoms with E-state index in [1.807, 2.05) is 6.92 Å². The largest absolute Gasteiger partial charge is 0.480 e. The van der Waals surface area contributed by atoms with Gasteiger partial charge in [0.05, 0.1) is 6.54 Å². The molecule has 1 aliphatic heterocycles. The van der Waals surface area contributed by atoms with Crippen molar-refractivity contribution in [2.45, 2.75) is 32.2 Å². The minimum atomic E-state index is -0.935. The third-order valence-electron chi connectivity index (χ3n) is 2.97. The van der Waals surface area contributed by atoms with Crippen LogP contribution in [0.2, 0.25) is 0 Å². The monoisotopic (exact) mass is 238 g/mol. The van der Waals surface area contributed by atoms with Crippen molar-refractivity contribution in [2.75, 3.05) is 19.6 Å². The van der Waals surface area contributed by atoms with Gasteiger partial charge in [0.2, 0.25) is 0 Å². The number of carbonyl (C=O) groups excluding carboxylic acids is 1. The van der Waals surface area contributed by atoms with E-state index in [0.29, 0.717) is 19.5 Å². The summed E-state index contributed by atoms with van der Waals surface area (Å²) in [6, 6.07) is -0.972. The molecule has 1 heterocycles. The van der Waals surface area contributed by atoms with E-state index in [2.05, 4.69) is 5.92 Å². The molecule has 1 rings (SSSR count). The summed E-state index contributed by atoms with van der Waals surface area (Å²) < 4.78 is 0. The first-order valence-corrected chi connectivity index (χ1v) is 5.83. The fourth-order valence-corrected chi connectivity index (χ4v) is 2.02. The summed E-state index contributed by atoms with van der Waals surface area (Å²) in [4.78, 5) is 26.1. The number of likely N-dealkylation sites (tertiary alicyclic amines) is 1. The second-order valence-corrected chi connectivity index (χ2v) is 4.04. The molecular formula is C12H18N2O3. The van der Waals surface area contributed by atoms with Gasteiger partial charge in [0.15, 0.2) is 0 Å². The maximum atomic E-state index is 12.1. The first-order chi connectivity index (χ1) is 8.11. The normalized spacial score (nSPS) is 19.5. The van der Waals surface area contributed by atoms with Gasteiger partial charge in [0, 0.05) is 13.1 Å². The Balaban J connectivity index is 2.77. The van der Waals surface area contributed by atoms with Crippen LogP contribution in [0, 0.1) is 12.3 Å². The highest BCUT2D eigenvalue weighted by atomic mass is 16.4. The molecule has 0 aromatic rings. The van der Waals surface area contributed by atoms with Gasteiger partial charge < -0.3 is 14.9 Å². The van der Waals surface area contributed by atoms with Crippen molar-refractivity contribution < 1.29 is 14.7 Å². The van der Waals surface area contributed by atoms with Crippen LogP contribution in [-0.4, -0.2) is 52.6 Å². The Morgan fingerprint density at radius 2 is 2.24 bits per heavy atom. The van der Waals surface area contributed by atoms with E-state index in [1.165, 1.54) is 9.80 Å². The van der Waals surface area contributed by atoms with E-state index in [-0.39, 0.29) is 12.6 Å². The molecule has 0 spiro atoms. The number of hydrogen-bond acceptors (Lipinski definition) is 2. The molecule has 0 radical (unpaired) electrons. The summed E-state index contributed by atoms with van der Waals surface area (Å²) in [5.41, 5.74) is 0. The number of carboxylic acid groups (broad SMARTS) is 1. The topological polar surface area (TPSA) is 60.9 Å². The fourth-order valence-electron chi connectivity index (χ4n) is 2.02. The molecule has 0 aromatic carbocycles. The molecule has 0 bridgehead atoms. The number of rotatable bonds is 3. The molecule has 2 amide bonds. The van der Waals surface area contributed by atoms with Crippen LogP contribution in [0.5, 0.6) is 0 Å². The molecular weight excluding hydrogens is 220 g/mol. The van der Waals surface area contributed by atoms with E-state index in [1.54, 1.807) is 0 Å². The number of amides is 2. The molecule has 5 nitrogen and oxygen atoms in total. The van der Waals surface area contributed by atoms with E-state index < -0.39 is 12.0 Å². The lowest BCUT2D eigenvalue weighted by Gasteiger charge is -2.36. The van der Waals surface area contributed by atoms with Gasteiger partial charge >= 0.3 is 12.0 Å². The van der Waals surface area contributed by atoms with Gasteiger partial charge in [-0.15, -0.1) is 6.42 Å². The molecule has 17 heavy (non-hydrogen) atoms. The Morgan fingerprint density at radius 1 is 1.53 bits per heavy atom. The lowest BCUT2D eigenvalue weighted by molar-refractivity contribution is -0.143. The van der Waals surface area contributed by atoms with Crippen molar-refractivity contribution in [3.05, 3.63) is 0 Å². The van der Waals surface area contributed by atoms with Gasteiger partial charge in [-0.2, -0.15) is 0 Å². The van der Waals surface area contributed by atoms with Crippen LogP contribution < -0.4 is 0 Å². The number of terminal acetylenes is 1. The molecule has 0 aromatic heterocycles. The average Bonchev–Trinajstić information content (AvgIpc) is 2.35. The van der Waals surface area contributed by atoms with Crippen LogP contribution >= 0.6 is 0 Å². The van der Waals surface area contributed by atoms with Crippen LogP contribution in [0.15, 0.2) is 0 Å². The number of carbonyl (C=O) groups is 2. The lowest BCUT2D eigenvalue weighted by Crippen LogP contribution is -2.53. The van der Waals surface area contributed by atoms with Crippen molar-refractivity contribution in [2.24, 2.45) is 0 Å². The highest BCUT2D eigenvalue weighted by Crippen LogP contribution is 2.18. The summed E-state index contributed by atoms with van der Waals surface area (Å²) in [6.45, 7) is 3.04. The van der Waals surface area contributed by atoms with Gasteiger partial charge in [-0.1, -0.05) is 5.92 Å². The minimum Gasteiger partial charge on any atom is -0.480 e. The fraction of sp³-hybridized carbons (Fsp3) is 0.667. The summed E-state index contributed by atoms with van der Waals surface area (Å²) in [6.07, 6.45) is 7.41. The highest BCUT2D eigenvalue weighted by Gasteiger charge is 2.33. The molecule has 1 aliphatic rings. The Kier molecular flexibility index (Phi) is 4.83. The van der Waals surface area contributed by atoms with Crippen molar-refractivity contribution in [3.8, 4) is 12.3 Å². The zero-order chi connectivity index (χ0) is 12.8. The van der Waals surface area contributed by atoms with Crippen LogP contribution in [0.1, 0.15) is 26.2 Å². The van der Waals surface area contributed by atoms with Gasteiger partial charge in [-0.25, -0.2) is 9.59 Å². The van der Waals surface area contributed by atoms with Gasteiger partial charge in [-0.3, -0.25) is 0 Å². The van der Waals surface area contributed by atoms with Gasteiger partial charge in [0.1, 0.15) is 6.04 Å². The summed E-state index contributed by atoms with van der Waals surface area (Å²) in [5, 5.41) is 9.09. The Morgan fingerprint density at radius 3 is 2.76 bits per heavy atom. The molecule has 1 saturated heterocycles. The Labute approximate surface area is 101 Å². The average molecular weight is 238 g/mol. The smallest absolute Gasteiger partial charge is 0.326 e.